The van der Waals surface area contributed by atoms with Gasteiger partial charge < -0.3 is 9.47 Å². The van der Waals surface area contributed by atoms with E-state index in [-0.39, 0.29) is 19.0 Å². The number of fused-ring (bicyclic) bond motifs is 1. The highest BCUT2D eigenvalue weighted by Crippen LogP contribution is 2.27. The molecule has 0 aliphatic heterocycles. The van der Waals surface area contributed by atoms with Crippen molar-refractivity contribution in [2.75, 3.05) is 13.2 Å². The van der Waals surface area contributed by atoms with Crippen LogP contribution in [0.1, 0.15) is 54.1 Å². The Bertz CT molecular complexity index is 573. The van der Waals surface area contributed by atoms with Gasteiger partial charge >= 0.3 is 11.9 Å². The minimum atomic E-state index is -1.10. The average Bonchev–Trinajstić information content (AvgIpc) is 2.48. The molecule has 0 atom stereocenters. The third kappa shape index (κ3) is 3.35. The summed E-state index contributed by atoms with van der Waals surface area (Å²) < 4.78 is 9.97. The third-order valence-corrected chi connectivity index (χ3v) is 3.66. The second-order valence-electron chi connectivity index (χ2n) is 5.13. The van der Waals surface area contributed by atoms with Crippen molar-refractivity contribution in [1.82, 2.24) is 0 Å². The summed E-state index contributed by atoms with van der Waals surface area (Å²) in [6.07, 6.45) is 2.11. The van der Waals surface area contributed by atoms with Crippen LogP contribution in [0.25, 0.3) is 0 Å². The van der Waals surface area contributed by atoms with Crippen LogP contribution in [0.15, 0.2) is 18.2 Å². The molecule has 1 aromatic carbocycles. The van der Waals surface area contributed by atoms with E-state index in [1.165, 1.54) is 0 Å². The number of ketones is 1. The van der Waals surface area contributed by atoms with Crippen LogP contribution in [0, 0.1) is 0 Å². The Morgan fingerprint density at radius 1 is 1.09 bits per heavy atom. The molecule has 118 valence electrons. The summed E-state index contributed by atoms with van der Waals surface area (Å²) in [5, 5.41) is 0. The van der Waals surface area contributed by atoms with Gasteiger partial charge in [-0.2, -0.15) is 0 Å². The van der Waals surface area contributed by atoms with Gasteiger partial charge in [0.15, 0.2) is 11.7 Å². The highest BCUT2D eigenvalue weighted by Gasteiger charge is 2.32. The van der Waals surface area contributed by atoms with E-state index in [9.17, 15) is 14.4 Å². The van der Waals surface area contributed by atoms with E-state index in [1.807, 2.05) is 0 Å². The van der Waals surface area contributed by atoms with Gasteiger partial charge in [-0.1, -0.05) is 18.2 Å². The number of hydrogen-bond donors (Lipinski definition) is 0. The van der Waals surface area contributed by atoms with Gasteiger partial charge in [0, 0.05) is 12.0 Å². The molecule has 0 bridgehead atoms. The van der Waals surface area contributed by atoms with Gasteiger partial charge in [0.2, 0.25) is 0 Å². The fraction of sp³-hybridized carbons (Fsp3) is 0.471. The summed E-state index contributed by atoms with van der Waals surface area (Å²) in [6.45, 7) is 3.76. The maximum absolute atomic E-state index is 12.1. The summed E-state index contributed by atoms with van der Waals surface area (Å²) in [4.78, 5) is 36.1. The fourth-order valence-corrected chi connectivity index (χ4v) is 2.67. The molecule has 0 amide bonds. The molecular formula is C17H20O5. The lowest BCUT2D eigenvalue weighted by Gasteiger charge is -2.19. The van der Waals surface area contributed by atoms with Crippen LogP contribution < -0.4 is 0 Å². The molecule has 0 saturated heterocycles. The molecule has 0 radical (unpaired) electrons. The van der Waals surface area contributed by atoms with Crippen LogP contribution in [-0.2, 0) is 25.5 Å². The number of ether oxygens (including phenoxy) is 2. The van der Waals surface area contributed by atoms with Crippen molar-refractivity contribution >= 4 is 17.7 Å². The number of Topliss-reactive ketones (excluding diaryl/α,β-unsaturated/α-hetero) is 1. The SMILES string of the molecule is CCOC(=O)C(C(=O)OCC)c1ccc2c(c1)CCCC2=O. The van der Waals surface area contributed by atoms with E-state index in [2.05, 4.69) is 0 Å². The van der Waals surface area contributed by atoms with E-state index in [4.69, 9.17) is 9.47 Å². The molecule has 2 rings (SSSR count). The van der Waals surface area contributed by atoms with E-state index >= 15 is 0 Å². The van der Waals surface area contributed by atoms with Gasteiger partial charge in [0.05, 0.1) is 13.2 Å². The molecule has 1 aliphatic carbocycles. The molecule has 22 heavy (non-hydrogen) atoms. The largest absolute Gasteiger partial charge is 0.465 e. The van der Waals surface area contributed by atoms with Gasteiger partial charge in [0.1, 0.15) is 0 Å². The lowest BCUT2D eigenvalue weighted by atomic mass is 9.87. The van der Waals surface area contributed by atoms with Crippen molar-refractivity contribution in [1.29, 1.82) is 0 Å². The number of carbonyl (C=O) groups is 3. The van der Waals surface area contributed by atoms with Crippen LogP contribution in [0.2, 0.25) is 0 Å². The van der Waals surface area contributed by atoms with Gasteiger partial charge in [-0.3, -0.25) is 14.4 Å². The fourth-order valence-electron chi connectivity index (χ4n) is 2.67. The first-order valence-corrected chi connectivity index (χ1v) is 7.57. The summed E-state index contributed by atoms with van der Waals surface area (Å²) >= 11 is 0. The summed E-state index contributed by atoms with van der Waals surface area (Å²) in [5.74, 6) is -2.23. The Morgan fingerprint density at radius 3 is 2.32 bits per heavy atom. The number of aryl methyl sites for hydroxylation is 1. The molecule has 0 N–H and O–H groups in total. The minimum absolute atomic E-state index is 0.108. The van der Waals surface area contributed by atoms with Gasteiger partial charge in [0.25, 0.3) is 0 Å². The van der Waals surface area contributed by atoms with Crippen molar-refractivity contribution in [3.63, 3.8) is 0 Å². The molecule has 0 aromatic heterocycles. The van der Waals surface area contributed by atoms with Crippen molar-refractivity contribution in [2.24, 2.45) is 0 Å². The number of benzene rings is 1. The van der Waals surface area contributed by atoms with Gasteiger partial charge in [-0.15, -0.1) is 0 Å². The van der Waals surface area contributed by atoms with E-state index < -0.39 is 17.9 Å². The molecule has 0 spiro atoms. The average molecular weight is 304 g/mol. The van der Waals surface area contributed by atoms with Crippen LogP contribution in [0.4, 0.5) is 0 Å². The predicted octanol–water partition coefficient (Wildman–Crippen LogP) is 2.42. The summed E-state index contributed by atoms with van der Waals surface area (Å²) in [7, 11) is 0. The molecule has 0 unspecified atom stereocenters. The van der Waals surface area contributed by atoms with E-state index in [0.29, 0.717) is 17.5 Å². The number of carbonyl (C=O) groups excluding carboxylic acids is 3. The quantitative estimate of drug-likeness (QED) is 0.617. The zero-order chi connectivity index (χ0) is 16.1. The summed E-state index contributed by atoms with van der Waals surface area (Å²) in [6, 6.07) is 5.09. The van der Waals surface area contributed by atoms with E-state index in [1.54, 1.807) is 32.0 Å². The smallest absolute Gasteiger partial charge is 0.324 e. The number of esters is 2. The topological polar surface area (TPSA) is 69.7 Å². The maximum atomic E-state index is 12.1. The minimum Gasteiger partial charge on any atom is -0.465 e. The zero-order valence-corrected chi connectivity index (χ0v) is 12.9. The van der Waals surface area contributed by atoms with Gasteiger partial charge in [-0.25, -0.2) is 0 Å². The molecule has 5 nitrogen and oxygen atoms in total. The van der Waals surface area contributed by atoms with Gasteiger partial charge in [-0.05, 0) is 37.8 Å². The molecule has 5 heteroatoms. The van der Waals surface area contributed by atoms with Crippen molar-refractivity contribution in [3.05, 3.63) is 34.9 Å². The second kappa shape index (κ2) is 7.20. The normalized spacial score (nSPS) is 13.7. The second-order valence-corrected chi connectivity index (χ2v) is 5.13. The van der Waals surface area contributed by atoms with Crippen LogP contribution >= 0.6 is 0 Å². The summed E-state index contributed by atoms with van der Waals surface area (Å²) in [5.41, 5.74) is 2.08. The first-order chi connectivity index (χ1) is 10.6. The first kappa shape index (κ1) is 16.2. The number of hydrogen-bond acceptors (Lipinski definition) is 5. The van der Waals surface area contributed by atoms with Crippen molar-refractivity contribution < 1.29 is 23.9 Å². The van der Waals surface area contributed by atoms with Crippen molar-refractivity contribution in [2.45, 2.75) is 39.0 Å². The van der Waals surface area contributed by atoms with E-state index in [0.717, 1.165) is 18.4 Å². The van der Waals surface area contributed by atoms with Crippen LogP contribution in [-0.4, -0.2) is 30.9 Å². The zero-order valence-electron chi connectivity index (χ0n) is 12.9. The predicted molar refractivity (Wildman–Crippen MR) is 79.7 cm³/mol. The standard InChI is InChI=1S/C17H20O5/c1-3-21-16(19)15(17(20)22-4-2)12-8-9-13-11(10-12)6-5-7-14(13)18/h8-10,15H,3-7H2,1-2H3. The Kier molecular flexibility index (Phi) is 5.31. The molecule has 0 heterocycles. The molecule has 0 saturated carbocycles. The van der Waals surface area contributed by atoms with Crippen LogP contribution in [0.5, 0.6) is 0 Å². The molecule has 0 fully saturated rings. The lowest BCUT2D eigenvalue weighted by Crippen LogP contribution is -2.26. The van der Waals surface area contributed by atoms with Crippen LogP contribution in [0.3, 0.4) is 0 Å². The highest BCUT2D eigenvalue weighted by atomic mass is 16.6. The Hall–Kier alpha value is -2.17. The lowest BCUT2D eigenvalue weighted by molar-refractivity contribution is -0.156. The molecular weight excluding hydrogens is 284 g/mol. The first-order valence-electron chi connectivity index (χ1n) is 7.57. The number of rotatable bonds is 5. The monoisotopic (exact) mass is 304 g/mol. The third-order valence-electron chi connectivity index (χ3n) is 3.66. The highest BCUT2D eigenvalue weighted by molar-refractivity contribution is 6.02. The maximum Gasteiger partial charge on any atom is 0.324 e. The van der Waals surface area contributed by atoms with Crippen molar-refractivity contribution in [3.8, 4) is 0 Å². The Morgan fingerprint density at radius 2 is 1.73 bits per heavy atom. The Labute approximate surface area is 129 Å². The Balaban J connectivity index is 2.37. The molecule has 1 aliphatic rings. The molecule has 1 aromatic rings.